The normalized spacial score (nSPS) is 14.8. The van der Waals surface area contributed by atoms with E-state index in [0.717, 1.165) is 0 Å². The van der Waals surface area contributed by atoms with E-state index in [2.05, 4.69) is 0 Å². The molecule has 4 nitrogen and oxygen atoms in total. The third-order valence-corrected chi connectivity index (χ3v) is 2.23. The van der Waals surface area contributed by atoms with E-state index in [9.17, 15) is 4.79 Å². The third kappa shape index (κ3) is 2.03. The van der Waals surface area contributed by atoms with Crippen molar-refractivity contribution in [3.8, 4) is 17.2 Å². The second kappa shape index (κ2) is 3.81. The molecule has 0 fully saturated rings. The standard InChI is InChI=1S/C11H12O4/c1-7(12)8(2)15-9-3-4-10-11(5-9)14-6-13-10/h3-5,8H,6H2,1-2H3/t8-/m1/s1. The highest BCUT2D eigenvalue weighted by Gasteiger charge is 2.15. The van der Waals surface area contributed by atoms with Crippen LogP contribution in [0.4, 0.5) is 0 Å². The maximum Gasteiger partial charge on any atom is 0.231 e. The van der Waals surface area contributed by atoms with Crippen LogP contribution in [0.5, 0.6) is 17.2 Å². The van der Waals surface area contributed by atoms with E-state index in [1.165, 1.54) is 6.92 Å². The second-order valence-electron chi connectivity index (χ2n) is 3.39. The molecular weight excluding hydrogens is 196 g/mol. The van der Waals surface area contributed by atoms with Gasteiger partial charge in [0.2, 0.25) is 6.79 Å². The van der Waals surface area contributed by atoms with Gasteiger partial charge in [-0.15, -0.1) is 0 Å². The predicted molar refractivity (Wildman–Crippen MR) is 53.3 cm³/mol. The second-order valence-corrected chi connectivity index (χ2v) is 3.39. The molecule has 0 saturated carbocycles. The van der Waals surface area contributed by atoms with E-state index in [1.807, 2.05) is 0 Å². The van der Waals surface area contributed by atoms with Crippen LogP contribution in [-0.2, 0) is 4.79 Å². The van der Waals surface area contributed by atoms with Crippen LogP contribution >= 0.6 is 0 Å². The van der Waals surface area contributed by atoms with Gasteiger partial charge >= 0.3 is 0 Å². The number of Topliss-reactive ketones (excluding diaryl/α,β-unsaturated/α-hetero) is 1. The summed E-state index contributed by atoms with van der Waals surface area (Å²) >= 11 is 0. The Morgan fingerprint density at radius 3 is 2.87 bits per heavy atom. The number of fused-ring (bicyclic) bond motifs is 1. The molecular formula is C11H12O4. The number of ether oxygens (including phenoxy) is 3. The Balaban J connectivity index is 2.13. The predicted octanol–water partition coefficient (Wildman–Crippen LogP) is 1.77. The summed E-state index contributed by atoms with van der Waals surface area (Å²) < 4.78 is 15.8. The molecule has 0 aliphatic carbocycles. The molecule has 80 valence electrons. The lowest BCUT2D eigenvalue weighted by atomic mass is 10.2. The zero-order valence-corrected chi connectivity index (χ0v) is 8.65. The molecule has 0 spiro atoms. The molecule has 0 N–H and O–H groups in total. The number of rotatable bonds is 3. The van der Waals surface area contributed by atoms with Crippen molar-refractivity contribution in [1.82, 2.24) is 0 Å². The molecule has 0 radical (unpaired) electrons. The fourth-order valence-electron chi connectivity index (χ4n) is 1.24. The van der Waals surface area contributed by atoms with Crippen molar-refractivity contribution < 1.29 is 19.0 Å². The monoisotopic (exact) mass is 208 g/mol. The van der Waals surface area contributed by atoms with Gasteiger partial charge in [-0.05, 0) is 26.0 Å². The molecule has 1 heterocycles. The summed E-state index contributed by atoms with van der Waals surface area (Å²) in [5.41, 5.74) is 0. The van der Waals surface area contributed by atoms with Crippen LogP contribution < -0.4 is 14.2 Å². The molecule has 1 aliphatic rings. The minimum absolute atomic E-state index is 0.00679. The first kappa shape index (κ1) is 9.83. The average molecular weight is 208 g/mol. The number of carbonyl (C=O) groups is 1. The van der Waals surface area contributed by atoms with Gasteiger partial charge in [-0.2, -0.15) is 0 Å². The molecule has 1 aromatic carbocycles. The van der Waals surface area contributed by atoms with Crippen LogP contribution in [0.1, 0.15) is 13.8 Å². The smallest absolute Gasteiger partial charge is 0.231 e. The number of ketones is 1. The summed E-state index contributed by atoms with van der Waals surface area (Å²) in [5, 5.41) is 0. The Kier molecular flexibility index (Phi) is 2.49. The van der Waals surface area contributed by atoms with Crippen LogP contribution in [0.15, 0.2) is 18.2 Å². The Hall–Kier alpha value is -1.71. The molecule has 0 saturated heterocycles. The van der Waals surface area contributed by atoms with Gasteiger partial charge in [0.1, 0.15) is 5.75 Å². The lowest BCUT2D eigenvalue weighted by Gasteiger charge is -2.11. The highest BCUT2D eigenvalue weighted by Crippen LogP contribution is 2.35. The quantitative estimate of drug-likeness (QED) is 0.759. The molecule has 1 aromatic rings. The summed E-state index contributed by atoms with van der Waals surface area (Å²) in [6.45, 7) is 3.45. The lowest BCUT2D eigenvalue weighted by molar-refractivity contribution is -0.122. The molecule has 0 bridgehead atoms. The van der Waals surface area contributed by atoms with Crippen LogP contribution in [0.3, 0.4) is 0 Å². The van der Waals surface area contributed by atoms with Crippen molar-refractivity contribution in [2.45, 2.75) is 20.0 Å². The average Bonchev–Trinajstić information content (AvgIpc) is 2.64. The minimum atomic E-state index is -0.439. The summed E-state index contributed by atoms with van der Waals surface area (Å²) in [5.74, 6) is 1.97. The van der Waals surface area contributed by atoms with Gasteiger partial charge in [0.05, 0.1) is 0 Å². The highest BCUT2D eigenvalue weighted by atomic mass is 16.7. The van der Waals surface area contributed by atoms with Crippen molar-refractivity contribution >= 4 is 5.78 Å². The van der Waals surface area contributed by atoms with E-state index in [1.54, 1.807) is 25.1 Å². The number of benzene rings is 1. The third-order valence-electron chi connectivity index (χ3n) is 2.23. The van der Waals surface area contributed by atoms with Crippen molar-refractivity contribution in [1.29, 1.82) is 0 Å². The largest absolute Gasteiger partial charge is 0.483 e. The van der Waals surface area contributed by atoms with Crippen LogP contribution in [0, 0.1) is 0 Å². The fourth-order valence-corrected chi connectivity index (χ4v) is 1.24. The van der Waals surface area contributed by atoms with Crippen LogP contribution in [0.2, 0.25) is 0 Å². The number of hydrogen-bond acceptors (Lipinski definition) is 4. The molecule has 2 rings (SSSR count). The van der Waals surface area contributed by atoms with Gasteiger partial charge in [-0.25, -0.2) is 0 Å². The Bertz CT molecular complexity index is 386. The molecule has 1 atom stereocenters. The fraction of sp³-hybridized carbons (Fsp3) is 0.364. The highest BCUT2D eigenvalue weighted by molar-refractivity contribution is 5.80. The maximum atomic E-state index is 11.0. The van der Waals surface area contributed by atoms with Crippen molar-refractivity contribution in [3.05, 3.63) is 18.2 Å². The molecule has 1 aliphatic heterocycles. The SMILES string of the molecule is CC(=O)[C@@H](C)Oc1ccc2c(c1)OCO2. The number of carbonyl (C=O) groups excluding carboxylic acids is 1. The number of hydrogen-bond donors (Lipinski definition) is 0. The van der Waals surface area contributed by atoms with Gasteiger partial charge in [0, 0.05) is 6.07 Å². The van der Waals surface area contributed by atoms with E-state index in [4.69, 9.17) is 14.2 Å². The maximum absolute atomic E-state index is 11.0. The zero-order valence-electron chi connectivity index (χ0n) is 8.65. The van der Waals surface area contributed by atoms with Gasteiger partial charge < -0.3 is 14.2 Å². The van der Waals surface area contributed by atoms with Crippen LogP contribution in [-0.4, -0.2) is 18.7 Å². The van der Waals surface area contributed by atoms with E-state index < -0.39 is 6.10 Å². The Labute approximate surface area is 87.8 Å². The minimum Gasteiger partial charge on any atom is -0.483 e. The first-order valence-electron chi connectivity index (χ1n) is 4.73. The first-order chi connectivity index (χ1) is 7.16. The first-order valence-corrected chi connectivity index (χ1v) is 4.73. The zero-order chi connectivity index (χ0) is 10.8. The van der Waals surface area contributed by atoms with Gasteiger partial charge in [0.25, 0.3) is 0 Å². The van der Waals surface area contributed by atoms with Crippen molar-refractivity contribution in [2.75, 3.05) is 6.79 Å². The molecule has 15 heavy (non-hydrogen) atoms. The van der Waals surface area contributed by atoms with E-state index in [0.29, 0.717) is 17.2 Å². The van der Waals surface area contributed by atoms with Gasteiger partial charge in [-0.3, -0.25) is 4.79 Å². The summed E-state index contributed by atoms with van der Waals surface area (Å²) in [7, 11) is 0. The van der Waals surface area contributed by atoms with Crippen LogP contribution in [0.25, 0.3) is 0 Å². The Morgan fingerprint density at radius 2 is 2.13 bits per heavy atom. The van der Waals surface area contributed by atoms with Crippen molar-refractivity contribution in [3.63, 3.8) is 0 Å². The summed E-state index contributed by atoms with van der Waals surface area (Å²) in [6.07, 6.45) is -0.439. The summed E-state index contributed by atoms with van der Waals surface area (Å²) in [4.78, 5) is 11.0. The topological polar surface area (TPSA) is 44.8 Å². The summed E-state index contributed by atoms with van der Waals surface area (Å²) in [6, 6.07) is 5.25. The Morgan fingerprint density at radius 1 is 1.40 bits per heavy atom. The molecule has 4 heteroatoms. The van der Waals surface area contributed by atoms with Crippen molar-refractivity contribution in [2.24, 2.45) is 0 Å². The van der Waals surface area contributed by atoms with E-state index >= 15 is 0 Å². The molecule has 0 amide bonds. The molecule has 0 unspecified atom stereocenters. The molecule has 0 aromatic heterocycles. The van der Waals surface area contributed by atoms with Gasteiger partial charge in [-0.1, -0.05) is 0 Å². The van der Waals surface area contributed by atoms with E-state index in [-0.39, 0.29) is 12.6 Å². The van der Waals surface area contributed by atoms with Gasteiger partial charge in [0.15, 0.2) is 23.4 Å². The lowest BCUT2D eigenvalue weighted by Crippen LogP contribution is -2.20.